The second kappa shape index (κ2) is 5.76. The van der Waals surface area contributed by atoms with Crippen LogP contribution in [-0.4, -0.2) is 60.7 Å². The Labute approximate surface area is 117 Å². The molecule has 0 amide bonds. The predicted octanol–water partition coefficient (Wildman–Crippen LogP) is 0.252. The zero-order chi connectivity index (χ0) is 14.8. The van der Waals surface area contributed by atoms with Crippen molar-refractivity contribution < 1.29 is 18.3 Å². The van der Waals surface area contributed by atoms with Crippen molar-refractivity contribution in [2.75, 3.05) is 36.8 Å². The predicted molar refractivity (Wildman–Crippen MR) is 74.4 cm³/mol. The number of hydrogen-bond acceptors (Lipinski definition) is 5. The van der Waals surface area contributed by atoms with Crippen LogP contribution in [0.2, 0.25) is 0 Å². The summed E-state index contributed by atoms with van der Waals surface area (Å²) in [6, 6.07) is 3.07. The maximum Gasteiger partial charge on any atom is 0.339 e. The second-order valence-electron chi connectivity index (χ2n) is 4.47. The molecule has 0 atom stereocenters. The van der Waals surface area contributed by atoms with E-state index in [1.165, 1.54) is 16.6 Å². The number of sulfonamides is 1. The third-order valence-corrected chi connectivity index (χ3v) is 5.19. The van der Waals surface area contributed by atoms with Gasteiger partial charge in [0, 0.05) is 32.4 Å². The maximum absolute atomic E-state index is 11.8. The quantitative estimate of drug-likeness (QED) is 0.857. The van der Waals surface area contributed by atoms with E-state index in [1.54, 1.807) is 13.0 Å². The normalized spacial score (nSPS) is 17.1. The second-order valence-corrected chi connectivity index (χ2v) is 6.72. The average Bonchev–Trinajstić information content (AvgIpc) is 2.47. The first-order chi connectivity index (χ1) is 9.45. The molecule has 110 valence electrons. The van der Waals surface area contributed by atoms with Crippen molar-refractivity contribution in [1.29, 1.82) is 0 Å². The smallest absolute Gasteiger partial charge is 0.339 e. The molecule has 0 bridgehead atoms. The molecule has 1 saturated heterocycles. The van der Waals surface area contributed by atoms with Gasteiger partial charge in [-0.25, -0.2) is 18.2 Å². The molecule has 1 aromatic rings. The summed E-state index contributed by atoms with van der Waals surface area (Å²) in [6.45, 7) is 3.20. The molecule has 1 aromatic heterocycles. The Kier molecular flexibility index (Phi) is 4.24. The van der Waals surface area contributed by atoms with Crippen molar-refractivity contribution >= 4 is 21.8 Å². The molecule has 0 unspecified atom stereocenters. The Bertz CT molecular complexity index is 594. The monoisotopic (exact) mass is 299 g/mol. The topological polar surface area (TPSA) is 90.8 Å². The molecule has 0 radical (unpaired) electrons. The third kappa shape index (κ3) is 2.91. The minimum absolute atomic E-state index is 0.0803. The number of piperazine rings is 1. The molecule has 1 N–H and O–H groups in total. The summed E-state index contributed by atoms with van der Waals surface area (Å²) in [5.41, 5.74) is 0.138. The number of aromatic nitrogens is 1. The van der Waals surface area contributed by atoms with Gasteiger partial charge in [0.05, 0.1) is 5.75 Å². The van der Waals surface area contributed by atoms with Crippen LogP contribution >= 0.6 is 0 Å². The van der Waals surface area contributed by atoms with Gasteiger partial charge in [-0.15, -0.1) is 0 Å². The van der Waals surface area contributed by atoms with Gasteiger partial charge in [0.15, 0.2) is 0 Å². The van der Waals surface area contributed by atoms with Crippen LogP contribution in [0.1, 0.15) is 17.3 Å². The zero-order valence-electron chi connectivity index (χ0n) is 11.2. The van der Waals surface area contributed by atoms with Crippen LogP contribution in [0.25, 0.3) is 0 Å². The van der Waals surface area contributed by atoms with Crippen LogP contribution in [0.4, 0.5) is 5.82 Å². The van der Waals surface area contributed by atoms with Crippen molar-refractivity contribution in [2.45, 2.75) is 6.92 Å². The van der Waals surface area contributed by atoms with Gasteiger partial charge in [0.1, 0.15) is 11.4 Å². The van der Waals surface area contributed by atoms with E-state index in [0.717, 1.165) is 0 Å². The Hall–Kier alpha value is -1.67. The number of carbonyl (C=O) groups is 1. The van der Waals surface area contributed by atoms with Crippen LogP contribution in [0, 0.1) is 0 Å². The van der Waals surface area contributed by atoms with E-state index in [0.29, 0.717) is 32.0 Å². The highest BCUT2D eigenvalue weighted by molar-refractivity contribution is 7.89. The van der Waals surface area contributed by atoms with Crippen molar-refractivity contribution in [3.63, 3.8) is 0 Å². The van der Waals surface area contributed by atoms with E-state index in [-0.39, 0.29) is 11.3 Å². The lowest BCUT2D eigenvalue weighted by Crippen LogP contribution is -2.49. The van der Waals surface area contributed by atoms with Crippen molar-refractivity contribution in [3.8, 4) is 0 Å². The largest absolute Gasteiger partial charge is 0.478 e. The fourth-order valence-corrected chi connectivity index (χ4v) is 3.26. The summed E-state index contributed by atoms with van der Waals surface area (Å²) in [7, 11) is -3.18. The molecule has 0 aromatic carbocycles. The molecule has 7 nitrogen and oxygen atoms in total. The Morgan fingerprint density at radius 1 is 1.35 bits per heavy atom. The number of carboxylic acids is 1. The Balaban J connectivity index is 2.14. The lowest BCUT2D eigenvalue weighted by Gasteiger charge is -2.34. The third-order valence-electron chi connectivity index (χ3n) is 3.31. The number of hydrogen-bond donors (Lipinski definition) is 1. The molecule has 0 aliphatic carbocycles. The fourth-order valence-electron chi connectivity index (χ4n) is 2.18. The number of carboxylic acid groups (broad SMARTS) is 1. The SMILES string of the molecule is CCS(=O)(=O)N1CCN(c2ncccc2C(=O)O)CC1. The summed E-state index contributed by atoms with van der Waals surface area (Å²) < 4.78 is 25.0. The summed E-state index contributed by atoms with van der Waals surface area (Å²) >= 11 is 0. The zero-order valence-corrected chi connectivity index (χ0v) is 12.0. The van der Waals surface area contributed by atoms with Gasteiger partial charge in [0.25, 0.3) is 0 Å². The molecular weight excluding hydrogens is 282 g/mol. The highest BCUT2D eigenvalue weighted by Gasteiger charge is 2.27. The van der Waals surface area contributed by atoms with Gasteiger partial charge >= 0.3 is 5.97 Å². The van der Waals surface area contributed by atoms with Gasteiger partial charge in [0.2, 0.25) is 10.0 Å². The van der Waals surface area contributed by atoms with E-state index in [4.69, 9.17) is 5.11 Å². The van der Waals surface area contributed by atoms with Crippen molar-refractivity contribution in [2.24, 2.45) is 0 Å². The summed E-state index contributed by atoms with van der Waals surface area (Å²) in [4.78, 5) is 17.1. The molecule has 2 heterocycles. The molecule has 2 rings (SSSR count). The minimum Gasteiger partial charge on any atom is -0.478 e. The fraction of sp³-hybridized carbons (Fsp3) is 0.500. The van der Waals surface area contributed by atoms with Crippen molar-refractivity contribution in [3.05, 3.63) is 23.9 Å². The van der Waals surface area contributed by atoms with Gasteiger partial charge in [-0.1, -0.05) is 0 Å². The summed E-state index contributed by atoms with van der Waals surface area (Å²) in [5, 5.41) is 9.14. The molecule has 1 fully saturated rings. The van der Waals surface area contributed by atoms with E-state index >= 15 is 0 Å². The molecule has 8 heteroatoms. The molecule has 1 aliphatic rings. The van der Waals surface area contributed by atoms with Gasteiger partial charge in [-0.3, -0.25) is 0 Å². The van der Waals surface area contributed by atoms with Crippen LogP contribution in [0.5, 0.6) is 0 Å². The number of nitrogens with zero attached hydrogens (tertiary/aromatic N) is 3. The highest BCUT2D eigenvalue weighted by atomic mass is 32.2. The van der Waals surface area contributed by atoms with E-state index in [9.17, 15) is 13.2 Å². The Morgan fingerprint density at radius 2 is 2.00 bits per heavy atom. The standard InChI is InChI=1S/C12H17N3O4S/c1-2-20(18,19)15-8-6-14(7-9-15)11-10(12(16)17)4-3-5-13-11/h3-5H,2,6-9H2,1H3,(H,16,17). The lowest BCUT2D eigenvalue weighted by molar-refractivity contribution is 0.0697. The molecule has 1 aliphatic heterocycles. The first-order valence-electron chi connectivity index (χ1n) is 6.37. The van der Waals surface area contributed by atoms with Crippen LogP contribution in [0.15, 0.2) is 18.3 Å². The minimum atomic E-state index is -3.18. The van der Waals surface area contributed by atoms with Gasteiger partial charge < -0.3 is 10.0 Å². The van der Waals surface area contributed by atoms with E-state index in [1.807, 2.05) is 4.90 Å². The van der Waals surface area contributed by atoms with E-state index < -0.39 is 16.0 Å². The van der Waals surface area contributed by atoms with Gasteiger partial charge in [-0.05, 0) is 19.1 Å². The van der Waals surface area contributed by atoms with Gasteiger partial charge in [-0.2, -0.15) is 4.31 Å². The summed E-state index contributed by atoms with van der Waals surface area (Å²) in [6.07, 6.45) is 1.54. The highest BCUT2D eigenvalue weighted by Crippen LogP contribution is 2.19. The van der Waals surface area contributed by atoms with Crippen LogP contribution in [-0.2, 0) is 10.0 Å². The molecular formula is C12H17N3O4S. The van der Waals surface area contributed by atoms with Crippen LogP contribution < -0.4 is 4.90 Å². The average molecular weight is 299 g/mol. The number of pyridine rings is 1. The van der Waals surface area contributed by atoms with E-state index in [2.05, 4.69) is 4.98 Å². The summed E-state index contributed by atoms with van der Waals surface area (Å²) in [5.74, 6) is -0.554. The first kappa shape index (κ1) is 14.7. The lowest BCUT2D eigenvalue weighted by atomic mass is 10.2. The molecule has 20 heavy (non-hydrogen) atoms. The van der Waals surface area contributed by atoms with Crippen LogP contribution in [0.3, 0.4) is 0 Å². The number of aromatic carboxylic acids is 1. The Morgan fingerprint density at radius 3 is 2.55 bits per heavy atom. The first-order valence-corrected chi connectivity index (χ1v) is 7.97. The number of rotatable bonds is 4. The molecule has 0 saturated carbocycles. The van der Waals surface area contributed by atoms with Crippen molar-refractivity contribution in [1.82, 2.24) is 9.29 Å². The molecule has 0 spiro atoms. The number of anilines is 1. The maximum atomic E-state index is 11.8.